The Morgan fingerprint density at radius 3 is 2.50 bits per heavy atom. The molecule has 0 unspecified atom stereocenters. The van der Waals surface area contributed by atoms with Crippen molar-refractivity contribution in [2.24, 2.45) is 0 Å². The smallest absolute Gasteiger partial charge is 0.267 e. The number of methoxy groups -OCH3 is 1. The molecular weight excluding hydrogens is 392 g/mol. The van der Waals surface area contributed by atoms with E-state index in [2.05, 4.69) is 0 Å². The molecule has 1 heterocycles. The summed E-state index contributed by atoms with van der Waals surface area (Å²) in [5.41, 5.74) is 2.00. The molecule has 2 aromatic rings. The molecule has 0 aromatic heterocycles. The van der Waals surface area contributed by atoms with Gasteiger partial charge < -0.3 is 14.4 Å². The Morgan fingerprint density at radius 2 is 1.82 bits per heavy atom. The lowest BCUT2D eigenvalue weighted by molar-refractivity contribution is -0.122. The minimum Gasteiger partial charge on any atom is -0.491 e. The van der Waals surface area contributed by atoms with Crippen molar-refractivity contribution in [2.45, 2.75) is 6.54 Å². The number of carbonyl (C=O) groups excluding carboxylic acids is 1. The van der Waals surface area contributed by atoms with E-state index >= 15 is 0 Å². The molecule has 1 amide bonds. The van der Waals surface area contributed by atoms with Crippen molar-refractivity contribution in [1.29, 1.82) is 0 Å². The molecule has 5 nitrogen and oxygen atoms in total. The molecule has 0 aliphatic carbocycles. The summed E-state index contributed by atoms with van der Waals surface area (Å²) in [7, 11) is 3.55. The molecule has 1 fully saturated rings. The van der Waals surface area contributed by atoms with E-state index in [1.165, 1.54) is 11.8 Å². The maximum absolute atomic E-state index is 12.8. The predicted octanol–water partition coefficient (Wildman–Crippen LogP) is 4.05. The van der Waals surface area contributed by atoms with Crippen molar-refractivity contribution in [3.8, 4) is 5.75 Å². The maximum atomic E-state index is 12.8. The van der Waals surface area contributed by atoms with Crippen molar-refractivity contribution in [3.05, 3.63) is 71.3 Å². The van der Waals surface area contributed by atoms with E-state index in [-0.39, 0.29) is 5.91 Å². The van der Waals surface area contributed by atoms with Gasteiger partial charge in [-0.1, -0.05) is 54.3 Å². The first-order chi connectivity index (χ1) is 13.6. The van der Waals surface area contributed by atoms with Gasteiger partial charge in [0.1, 0.15) is 16.7 Å². The first kappa shape index (κ1) is 20.4. The van der Waals surface area contributed by atoms with Crippen LogP contribution in [0, 0.1) is 0 Å². The van der Waals surface area contributed by atoms with Gasteiger partial charge in [0.25, 0.3) is 5.91 Å². The molecule has 28 heavy (non-hydrogen) atoms. The van der Waals surface area contributed by atoms with Gasteiger partial charge in [-0.05, 0) is 29.8 Å². The average Bonchev–Trinajstić information content (AvgIpc) is 2.97. The van der Waals surface area contributed by atoms with E-state index in [1.807, 2.05) is 72.7 Å². The van der Waals surface area contributed by atoms with Gasteiger partial charge in [0.2, 0.25) is 0 Å². The van der Waals surface area contributed by atoms with E-state index in [0.29, 0.717) is 29.0 Å². The summed E-state index contributed by atoms with van der Waals surface area (Å²) in [4.78, 5) is 16.9. The molecule has 3 rings (SSSR count). The highest BCUT2D eigenvalue weighted by Crippen LogP contribution is 2.33. The normalized spacial score (nSPS) is 15.4. The quantitative estimate of drug-likeness (QED) is 0.369. The lowest BCUT2D eigenvalue weighted by Crippen LogP contribution is -2.27. The summed E-state index contributed by atoms with van der Waals surface area (Å²) in [5.74, 6) is 0.716. The molecule has 0 spiro atoms. The molecule has 0 bridgehead atoms. The van der Waals surface area contributed by atoms with Crippen LogP contribution in [0.1, 0.15) is 5.56 Å². The first-order valence-corrected chi connectivity index (χ1v) is 10.0. The van der Waals surface area contributed by atoms with Crippen molar-refractivity contribution in [1.82, 2.24) is 4.90 Å². The standard InChI is InChI=1S/C21H22N2O3S2/c1-22(17-8-10-18(11-9-17)26-13-12-25-2)15-19-20(24)23(21(27)28-19)14-16-6-4-3-5-7-16/h3-11,15H,12-14H2,1-2H3. The number of carbonyl (C=O) groups is 1. The number of amides is 1. The summed E-state index contributed by atoms with van der Waals surface area (Å²) in [6, 6.07) is 17.5. The number of hydrogen-bond donors (Lipinski definition) is 0. The van der Waals surface area contributed by atoms with Gasteiger partial charge in [0.15, 0.2) is 0 Å². The van der Waals surface area contributed by atoms with Gasteiger partial charge in [0.05, 0.1) is 18.1 Å². The third-order valence-electron chi connectivity index (χ3n) is 4.17. The number of ether oxygens (including phenoxy) is 2. The van der Waals surface area contributed by atoms with Gasteiger partial charge in [-0.25, -0.2) is 0 Å². The fourth-order valence-electron chi connectivity index (χ4n) is 2.66. The van der Waals surface area contributed by atoms with Crippen molar-refractivity contribution < 1.29 is 14.3 Å². The Morgan fingerprint density at radius 1 is 1.11 bits per heavy atom. The summed E-state index contributed by atoms with van der Waals surface area (Å²) < 4.78 is 11.1. The van der Waals surface area contributed by atoms with E-state index in [0.717, 1.165) is 17.0 Å². The molecule has 0 atom stereocenters. The summed E-state index contributed by atoms with van der Waals surface area (Å²) >= 11 is 6.74. The zero-order chi connectivity index (χ0) is 19.9. The van der Waals surface area contributed by atoms with Gasteiger partial charge >= 0.3 is 0 Å². The zero-order valence-corrected chi connectivity index (χ0v) is 17.5. The number of nitrogens with zero attached hydrogens (tertiary/aromatic N) is 2. The fraction of sp³-hybridized carbons (Fsp3) is 0.238. The number of thiocarbonyl (C=S) groups is 1. The van der Waals surface area contributed by atoms with Crippen LogP contribution in [-0.2, 0) is 16.1 Å². The van der Waals surface area contributed by atoms with Crippen LogP contribution in [0.2, 0.25) is 0 Å². The lowest BCUT2D eigenvalue weighted by atomic mass is 10.2. The molecule has 1 aliphatic heterocycles. The number of rotatable bonds is 8. The molecule has 1 saturated heterocycles. The summed E-state index contributed by atoms with van der Waals surface area (Å²) in [6.45, 7) is 1.54. The van der Waals surface area contributed by atoms with Crippen LogP contribution >= 0.6 is 24.0 Å². The van der Waals surface area contributed by atoms with Crippen LogP contribution in [-0.4, -0.2) is 42.5 Å². The number of thioether (sulfide) groups is 1. The highest BCUT2D eigenvalue weighted by molar-refractivity contribution is 8.26. The molecule has 1 aliphatic rings. The van der Waals surface area contributed by atoms with Crippen LogP contribution in [0.25, 0.3) is 0 Å². The van der Waals surface area contributed by atoms with E-state index in [9.17, 15) is 4.79 Å². The SMILES string of the molecule is COCCOc1ccc(N(C)C=C2SC(=S)N(Cc3ccccc3)C2=O)cc1. The summed E-state index contributed by atoms with van der Waals surface area (Å²) in [6.07, 6.45) is 1.82. The second kappa shape index (κ2) is 9.73. The average molecular weight is 415 g/mol. The van der Waals surface area contributed by atoms with Crippen LogP contribution in [0.5, 0.6) is 5.75 Å². The van der Waals surface area contributed by atoms with Crippen molar-refractivity contribution in [3.63, 3.8) is 0 Å². The Bertz CT molecular complexity index is 854. The van der Waals surface area contributed by atoms with Gasteiger partial charge in [0, 0.05) is 26.0 Å². The van der Waals surface area contributed by atoms with Gasteiger partial charge in [-0.2, -0.15) is 0 Å². The Labute approximate surface area is 174 Å². The lowest BCUT2D eigenvalue weighted by Gasteiger charge is -2.16. The van der Waals surface area contributed by atoms with Crippen LogP contribution < -0.4 is 9.64 Å². The molecule has 0 N–H and O–H groups in total. The maximum Gasteiger partial charge on any atom is 0.267 e. The molecule has 0 radical (unpaired) electrons. The summed E-state index contributed by atoms with van der Waals surface area (Å²) in [5, 5.41) is 0. The minimum atomic E-state index is -0.0646. The Balaban J connectivity index is 1.65. The van der Waals surface area contributed by atoms with Crippen molar-refractivity contribution >= 4 is 39.9 Å². The number of anilines is 1. The number of benzene rings is 2. The molecule has 2 aromatic carbocycles. The van der Waals surface area contributed by atoms with E-state index < -0.39 is 0 Å². The monoisotopic (exact) mass is 414 g/mol. The molecular formula is C21H22N2O3S2. The van der Waals surface area contributed by atoms with Crippen molar-refractivity contribution in [2.75, 3.05) is 32.3 Å². The largest absolute Gasteiger partial charge is 0.491 e. The van der Waals surface area contributed by atoms with Crippen LogP contribution in [0.4, 0.5) is 5.69 Å². The highest BCUT2D eigenvalue weighted by Gasteiger charge is 2.32. The second-order valence-corrected chi connectivity index (χ2v) is 7.86. The molecule has 0 saturated carbocycles. The van der Waals surface area contributed by atoms with Gasteiger partial charge in [-0.15, -0.1) is 0 Å². The minimum absolute atomic E-state index is 0.0646. The Hall–Kier alpha value is -2.35. The zero-order valence-electron chi connectivity index (χ0n) is 15.8. The second-order valence-electron chi connectivity index (χ2n) is 6.18. The van der Waals surface area contributed by atoms with E-state index in [4.69, 9.17) is 21.7 Å². The highest BCUT2D eigenvalue weighted by atomic mass is 32.2. The van der Waals surface area contributed by atoms with E-state index in [1.54, 1.807) is 12.0 Å². The predicted molar refractivity (Wildman–Crippen MR) is 117 cm³/mol. The molecule has 7 heteroatoms. The number of hydrogen-bond acceptors (Lipinski definition) is 6. The topological polar surface area (TPSA) is 42.0 Å². The fourth-order valence-corrected chi connectivity index (χ4v) is 3.93. The Kier molecular flexibility index (Phi) is 7.08. The van der Waals surface area contributed by atoms with Gasteiger partial charge in [-0.3, -0.25) is 9.69 Å². The molecule has 146 valence electrons. The third-order valence-corrected chi connectivity index (χ3v) is 5.53. The van der Waals surface area contributed by atoms with Crippen LogP contribution in [0.15, 0.2) is 65.7 Å². The third kappa shape index (κ3) is 5.13. The van der Waals surface area contributed by atoms with Crippen LogP contribution in [0.3, 0.4) is 0 Å². The first-order valence-electron chi connectivity index (χ1n) is 8.82.